The molecule has 0 unspecified atom stereocenters. The van der Waals surface area contributed by atoms with Gasteiger partial charge in [-0.2, -0.15) is 0 Å². The number of carbonyl (C=O) groups excluding carboxylic acids is 1. The van der Waals surface area contributed by atoms with E-state index in [1.165, 1.54) is 0 Å². The number of Topliss-reactive ketones (excluding diaryl/α,β-unsaturated/α-hetero) is 1. The molecule has 8 heavy (non-hydrogen) atoms. The van der Waals surface area contributed by atoms with Crippen LogP contribution in [0.5, 0.6) is 0 Å². The van der Waals surface area contributed by atoms with Gasteiger partial charge in [-0.1, -0.05) is 0 Å². The van der Waals surface area contributed by atoms with Gasteiger partial charge in [-0.25, -0.2) is 4.79 Å². The molecule has 0 aliphatic rings. The van der Waals surface area contributed by atoms with E-state index in [0.717, 1.165) is 6.92 Å². The summed E-state index contributed by atoms with van der Waals surface area (Å²) >= 11 is 0. The Labute approximate surface area is 67.7 Å². The molecule has 0 spiro atoms. The van der Waals surface area contributed by atoms with Crippen LogP contribution in [0.4, 0.5) is 0 Å². The van der Waals surface area contributed by atoms with Gasteiger partial charge in [0.15, 0.2) is 0 Å². The van der Waals surface area contributed by atoms with E-state index in [1.54, 1.807) is 0 Å². The van der Waals surface area contributed by atoms with Crippen LogP contribution in [0.25, 0.3) is 0 Å². The van der Waals surface area contributed by atoms with Gasteiger partial charge < -0.3 is 9.81 Å². The summed E-state index contributed by atoms with van der Waals surface area (Å²) in [4.78, 5) is 18.9. The summed E-state index contributed by atoms with van der Waals surface area (Å²) < 4.78 is 0. The minimum atomic E-state index is -1.38. The van der Waals surface area contributed by atoms with Crippen LogP contribution in [0.2, 0.25) is 0 Å². The average Bonchev–Trinajstić information content (AvgIpc) is 1.36. The SMILES string of the molecule is CC(=O)C(=O)O.[F-].[Na+]. The van der Waals surface area contributed by atoms with Crippen LogP contribution in [-0.2, 0) is 9.59 Å². The van der Waals surface area contributed by atoms with Crippen molar-refractivity contribution < 1.29 is 49.0 Å². The van der Waals surface area contributed by atoms with Crippen molar-refractivity contribution in [3.63, 3.8) is 0 Å². The molecule has 0 saturated heterocycles. The first-order chi connectivity index (χ1) is 2.64. The smallest absolute Gasteiger partial charge is 1.00 e. The molecule has 0 aromatic rings. The van der Waals surface area contributed by atoms with E-state index < -0.39 is 11.8 Å². The molecule has 0 aliphatic heterocycles. The first-order valence-corrected chi connectivity index (χ1v) is 1.38. The summed E-state index contributed by atoms with van der Waals surface area (Å²) in [5.74, 6) is -2.20. The van der Waals surface area contributed by atoms with Crippen LogP contribution in [0, 0.1) is 0 Å². The van der Waals surface area contributed by atoms with Gasteiger partial charge in [0.25, 0.3) is 0 Å². The molecule has 0 radical (unpaired) electrons. The maximum absolute atomic E-state index is 9.54. The Morgan fingerprint density at radius 1 is 1.38 bits per heavy atom. The molecule has 0 amide bonds. The van der Waals surface area contributed by atoms with E-state index in [9.17, 15) is 9.59 Å². The van der Waals surface area contributed by atoms with Gasteiger partial charge in [-0.05, 0) is 0 Å². The standard InChI is InChI=1S/C3H4O3.FH.Na/c1-2(4)3(5)6;;/h1H3,(H,5,6);1H;/q;;+1/p-1. The largest absolute Gasteiger partial charge is 1.00 e. The summed E-state index contributed by atoms with van der Waals surface area (Å²) in [5, 5.41) is 7.64. The van der Waals surface area contributed by atoms with E-state index in [4.69, 9.17) is 5.11 Å². The van der Waals surface area contributed by atoms with Crippen LogP contribution in [0.3, 0.4) is 0 Å². The van der Waals surface area contributed by atoms with Gasteiger partial charge in [0.1, 0.15) is 0 Å². The molecular formula is C3H4FNaO3. The third kappa shape index (κ3) is 9.42. The number of hydrogen-bond acceptors (Lipinski definition) is 2. The minimum absolute atomic E-state index is 0. The van der Waals surface area contributed by atoms with Gasteiger partial charge in [-0.15, -0.1) is 0 Å². The quantitative estimate of drug-likeness (QED) is 0.284. The molecule has 5 heteroatoms. The van der Waals surface area contributed by atoms with Crippen LogP contribution in [0.15, 0.2) is 0 Å². The number of carboxylic acid groups (broad SMARTS) is 1. The number of rotatable bonds is 1. The Kier molecular flexibility index (Phi) is 13.9. The number of carbonyl (C=O) groups is 2. The zero-order chi connectivity index (χ0) is 5.15. The van der Waals surface area contributed by atoms with Crippen LogP contribution >= 0.6 is 0 Å². The molecule has 42 valence electrons. The maximum Gasteiger partial charge on any atom is 1.00 e. The van der Waals surface area contributed by atoms with Crippen molar-refractivity contribution in [1.82, 2.24) is 0 Å². The summed E-state index contributed by atoms with van der Waals surface area (Å²) in [7, 11) is 0. The number of aliphatic carboxylic acids is 1. The summed E-state index contributed by atoms with van der Waals surface area (Å²) in [6.07, 6.45) is 0. The molecule has 0 saturated carbocycles. The van der Waals surface area contributed by atoms with Crippen molar-refractivity contribution in [2.24, 2.45) is 0 Å². The van der Waals surface area contributed by atoms with E-state index in [1.807, 2.05) is 0 Å². The van der Waals surface area contributed by atoms with Crippen molar-refractivity contribution in [2.45, 2.75) is 6.92 Å². The Bertz CT molecular complexity index is 80.5. The molecule has 0 heterocycles. The molecule has 0 fully saturated rings. The molecule has 0 atom stereocenters. The fourth-order valence-corrected chi connectivity index (χ4v) is 0. The monoisotopic (exact) mass is 130 g/mol. The molecule has 0 aromatic heterocycles. The van der Waals surface area contributed by atoms with E-state index >= 15 is 0 Å². The molecule has 0 rings (SSSR count). The van der Waals surface area contributed by atoms with Crippen molar-refractivity contribution in [1.29, 1.82) is 0 Å². The second-order valence-corrected chi connectivity index (χ2v) is 0.861. The number of carboxylic acids is 1. The zero-order valence-corrected chi connectivity index (χ0v) is 6.64. The Morgan fingerprint density at radius 3 is 1.50 bits per heavy atom. The van der Waals surface area contributed by atoms with E-state index in [2.05, 4.69) is 0 Å². The van der Waals surface area contributed by atoms with Crippen LogP contribution in [0.1, 0.15) is 6.92 Å². The van der Waals surface area contributed by atoms with Crippen molar-refractivity contribution in [2.75, 3.05) is 0 Å². The van der Waals surface area contributed by atoms with Gasteiger partial charge in [0.05, 0.1) is 0 Å². The van der Waals surface area contributed by atoms with E-state index in [0.29, 0.717) is 0 Å². The molecule has 3 nitrogen and oxygen atoms in total. The Hall–Kier alpha value is 0.0700. The van der Waals surface area contributed by atoms with Gasteiger partial charge >= 0.3 is 35.5 Å². The maximum atomic E-state index is 9.54. The molecule has 0 aliphatic carbocycles. The summed E-state index contributed by atoms with van der Waals surface area (Å²) in [6, 6.07) is 0. The van der Waals surface area contributed by atoms with Gasteiger partial charge in [0.2, 0.25) is 5.78 Å². The van der Waals surface area contributed by atoms with Crippen LogP contribution in [-0.4, -0.2) is 16.9 Å². The van der Waals surface area contributed by atoms with Gasteiger partial charge in [0, 0.05) is 6.92 Å². The Balaban J connectivity index is -0.000000125. The average molecular weight is 130 g/mol. The van der Waals surface area contributed by atoms with Gasteiger partial charge in [-0.3, -0.25) is 4.79 Å². The number of halogens is 1. The molecular weight excluding hydrogens is 126 g/mol. The number of hydrogen-bond donors (Lipinski definition) is 1. The second kappa shape index (κ2) is 7.07. The van der Waals surface area contributed by atoms with Crippen molar-refractivity contribution in [3.8, 4) is 0 Å². The Morgan fingerprint density at radius 2 is 1.50 bits per heavy atom. The fourth-order valence-electron chi connectivity index (χ4n) is 0. The predicted octanol–water partition coefficient (Wildman–Crippen LogP) is -6.33. The normalized spacial score (nSPS) is 5.62. The third-order valence-corrected chi connectivity index (χ3v) is 0.301. The predicted molar refractivity (Wildman–Crippen MR) is 18.3 cm³/mol. The summed E-state index contributed by atoms with van der Waals surface area (Å²) in [5.41, 5.74) is 0. The first-order valence-electron chi connectivity index (χ1n) is 1.38. The van der Waals surface area contributed by atoms with Crippen molar-refractivity contribution >= 4 is 11.8 Å². The molecule has 0 bridgehead atoms. The molecule has 0 aromatic carbocycles. The second-order valence-electron chi connectivity index (χ2n) is 0.861. The first kappa shape index (κ1) is 15.7. The topological polar surface area (TPSA) is 54.4 Å². The third-order valence-electron chi connectivity index (χ3n) is 0.301. The zero-order valence-electron chi connectivity index (χ0n) is 4.64. The summed E-state index contributed by atoms with van der Waals surface area (Å²) in [6.45, 7) is 1.00. The number of ketones is 1. The minimum Gasteiger partial charge on any atom is -1.00 e. The van der Waals surface area contributed by atoms with Crippen molar-refractivity contribution in [3.05, 3.63) is 0 Å². The fraction of sp³-hybridized carbons (Fsp3) is 0.333. The van der Waals surface area contributed by atoms with Crippen LogP contribution < -0.4 is 34.3 Å². The molecule has 1 N–H and O–H groups in total. The van der Waals surface area contributed by atoms with E-state index in [-0.39, 0.29) is 34.3 Å².